The Balaban J connectivity index is 1.68. The number of benzene rings is 1. The van der Waals surface area contributed by atoms with Gasteiger partial charge in [0.25, 0.3) is 0 Å². The minimum Gasteiger partial charge on any atom is -0.480 e. The largest absolute Gasteiger partial charge is 0.480 e. The first-order valence-electron chi connectivity index (χ1n) is 9.08. The number of pyridine rings is 1. The molecule has 0 saturated carbocycles. The van der Waals surface area contributed by atoms with E-state index in [1.807, 2.05) is 12.3 Å². The number of carbonyl (C=O) groups is 2. The first kappa shape index (κ1) is 18.3. The summed E-state index contributed by atoms with van der Waals surface area (Å²) in [5.41, 5.74) is 2.24. The Morgan fingerprint density at radius 2 is 2.04 bits per heavy atom. The molecule has 0 spiro atoms. The number of rotatable bonds is 5. The molecule has 1 aromatic heterocycles. The molecule has 1 aliphatic rings. The Hall–Kier alpha value is -2.47. The van der Waals surface area contributed by atoms with Crippen molar-refractivity contribution in [1.82, 2.24) is 14.8 Å². The molecule has 1 atom stereocenters. The maximum atomic E-state index is 11.9. The maximum Gasteiger partial charge on any atom is 0.323 e. The van der Waals surface area contributed by atoms with Gasteiger partial charge in [0.15, 0.2) is 0 Å². The third-order valence-electron chi connectivity index (χ3n) is 5.05. The van der Waals surface area contributed by atoms with Crippen LogP contribution in [0.5, 0.6) is 0 Å². The zero-order valence-corrected chi connectivity index (χ0v) is 15.1. The summed E-state index contributed by atoms with van der Waals surface area (Å²) in [5, 5.41) is 10.2. The van der Waals surface area contributed by atoms with Crippen LogP contribution in [0.3, 0.4) is 0 Å². The number of aromatic nitrogens is 1. The fourth-order valence-electron chi connectivity index (χ4n) is 3.79. The third-order valence-corrected chi connectivity index (χ3v) is 5.05. The third kappa shape index (κ3) is 4.38. The van der Waals surface area contributed by atoms with E-state index >= 15 is 0 Å². The lowest BCUT2D eigenvalue weighted by molar-refractivity contribution is -0.145. The fraction of sp³-hybridized carbons (Fsp3) is 0.450. The van der Waals surface area contributed by atoms with Gasteiger partial charge in [-0.25, -0.2) is 0 Å². The second-order valence-electron chi connectivity index (χ2n) is 6.89. The molecule has 1 N–H and O–H groups in total. The van der Waals surface area contributed by atoms with Crippen molar-refractivity contribution in [1.29, 1.82) is 0 Å². The van der Waals surface area contributed by atoms with Gasteiger partial charge < -0.3 is 10.0 Å². The van der Waals surface area contributed by atoms with E-state index in [9.17, 15) is 9.59 Å². The number of likely N-dealkylation sites (tertiary alicyclic amines) is 1. The van der Waals surface area contributed by atoms with Crippen LogP contribution in [0, 0.1) is 0 Å². The van der Waals surface area contributed by atoms with Crippen LogP contribution in [-0.2, 0) is 16.1 Å². The van der Waals surface area contributed by atoms with Gasteiger partial charge in [-0.15, -0.1) is 0 Å². The molecule has 6 heteroatoms. The fourth-order valence-corrected chi connectivity index (χ4v) is 3.79. The normalized spacial score (nSPS) is 18.4. The second-order valence-corrected chi connectivity index (χ2v) is 6.89. The van der Waals surface area contributed by atoms with Crippen LogP contribution in [0.4, 0.5) is 0 Å². The summed E-state index contributed by atoms with van der Waals surface area (Å²) in [4.78, 5) is 31.3. The van der Waals surface area contributed by atoms with Crippen molar-refractivity contribution in [2.45, 2.75) is 38.8 Å². The van der Waals surface area contributed by atoms with Crippen LogP contribution in [0.15, 0.2) is 36.5 Å². The summed E-state index contributed by atoms with van der Waals surface area (Å²) >= 11 is 0. The molecule has 0 radical (unpaired) electrons. The highest BCUT2D eigenvalue weighted by Gasteiger charge is 2.26. The van der Waals surface area contributed by atoms with Gasteiger partial charge in [-0.1, -0.05) is 24.3 Å². The molecule has 26 heavy (non-hydrogen) atoms. The van der Waals surface area contributed by atoms with Gasteiger partial charge in [-0.2, -0.15) is 0 Å². The van der Waals surface area contributed by atoms with Gasteiger partial charge in [0.2, 0.25) is 5.91 Å². The number of hydrogen-bond donors (Lipinski definition) is 1. The van der Waals surface area contributed by atoms with E-state index in [2.05, 4.69) is 34.1 Å². The first-order valence-corrected chi connectivity index (χ1v) is 9.08. The molecular weight excluding hydrogens is 330 g/mol. The smallest absolute Gasteiger partial charge is 0.323 e. The maximum absolute atomic E-state index is 11.9. The second kappa shape index (κ2) is 8.27. The minimum atomic E-state index is -0.955. The SMILES string of the molecule is CC(=O)N(CC(=O)O)C1CCCN(Cc2cccc3cccnc23)CC1. The van der Waals surface area contributed by atoms with Gasteiger partial charge in [-0.05, 0) is 37.4 Å². The number of fused-ring (bicyclic) bond motifs is 1. The van der Waals surface area contributed by atoms with E-state index in [1.54, 1.807) is 0 Å². The molecule has 1 aromatic carbocycles. The van der Waals surface area contributed by atoms with Crippen LogP contribution in [0.2, 0.25) is 0 Å². The van der Waals surface area contributed by atoms with Crippen LogP contribution in [0.1, 0.15) is 31.7 Å². The number of amides is 1. The van der Waals surface area contributed by atoms with Crippen LogP contribution >= 0.6 is 0 Å². The molecule has 1 saturated heterocycles. The summed E-state index contributed by atoms with van der Waals surface area (Å²) < 4.78 is 0. The lowest BCUT2D eigenvalue weighted by Gasteiger charge is -2.29. The topological polar surface area (TPSA) is 73.7 Å². The standard InChI is InChI=1S/C20H25N3O3/c1-15(24)23(14-19(25)26)18-8-4-11-22(12-9-18)13-17-6-2-5-16-7-3-10-21-20(16)17/h2-3,5-7,10,18H,4,8-9,11-14H2,1H3,(H,25,26). The summed E-state index contributed by atoms with van der Waals surface area (Å²) in [7, 11) is 0. The average molecular weight is 355 g/mol. The Morgan fingerprint density at radius 3 is 2.81 bits per heavy atom. The molecule has 2 heterocycles. The molecule has 1 unspecified atom stereocenters. The molecule has 3 rings (SSSR count). The lowest BCUT2D eigenvalue weighted by atomic mass is 10.1. The predicted molar refractivity (Wildman–Crippen MR) is 99.7 cm³/mol. The molecule has 1 amide bonds. The van der Waals surface area contributed by atoms with Crippen molar-refractivity contribution in [3.63, 3.8) is 0 Å². The van der Waals surface area contributed by atoms with E-state index in [-0.39, 0.29) is 18.5 Å². The Bertz CT molecular complexity index is 787. The summed E-state index contributed by atoms with van der Waals surface area (Å²) in [6, 6.07) is 10.3. The molecule has 1 aliphatic heterocycles. The quantitative estimate of drug-likeness (QED) is 0.892. The minimum absolute atomic E-state index is 0.000701. The number of hydrogen-bond acceptors (Lipinski definition) is 4. The molecule has 138 valence electrons. The van der Waals surface area contributed by atoms with Crippen molar-refractivity contribution in [3.8, 4) is 0 Å². The molecular formula is C20H25N3O3. The zero-order chi connectivity index (χ0) is 18.5. The summed E-state index contributed by atoms with van der Waals surface area (Å²) in [6.45, 7) is 3.84. The Kier molecular flexibility index (Phi) is 5.83. The summed E-state index contributed by atoms with van der Waals surface area (Å²) in [5.74, 6) is -1.12. The van der Waals surface area contributed by atoms with E-state index < -0.39 is 5.97 Å². The van der Waals surface area contributed by atoms with Gasteiger partial charge in [0.1, 0.15) is 6.54 Å². The van der Waals surface area contributed by atoms with E-state index in [4.69, 9.17) is 5.11 Å². The molecule has 0 bridgehead atoms. The highest BCUT2D eigenvalue weighted by molar-refractivity contribution is 5.81. The molecule has 0 aliphatic carbocycles. The van der Waals surface area contributed by atoms with E-state index in [1.165, 1.54) is 17.4 Å². The monoisotopic (exact) mass is 355 g/mol. The molecule has 1 fully saturated rings. The highest BCUT2D eigenvalue weighted by atomic mass is 16.4. The van der Waals surface area contributed by atoms with Crippen LogP contribution in [-0.4, -0.2) is 57.4 Å². The van der Waals surface area contributed by atoms with Gasteiger partial charge in [0.05, 0.1) is 5.52 Å². The Labute approximate surface area is 153 Å². The number of para-hydroxylation sites is 1. The number of carboxylic acids is 1. The highest BCUT2D eigenvalue weighted by Crippen LogP contribution is 2.22. The van der Waals surface area contributed by atoms with E-state index in [0.29, 0.717) is 0 Å². The lowest BCUT2D eigenvalue weighted by Crippen LogP contribution is -2.42. The van der Waals surface area contributed by atoms with Crippen molar-refractivity contribution in [2.75, 3.05) is 19.6 Å². The molecule has 2 aromatic rings. The zero-order valence-electron chi connectivity index (χ0n) is 15.1. The number of aliphatic carboxylic acids is 1. The van der Waals surface area contributed by atoms with Gasteiger partial charge in [0, 0.05) is 37.6 Å². The first-order chi connectivity index (χ1) is 12.5. The average Bonchev–Trinajstić information content (AvgIpc) is 2.85. The van der Waals surface area contributed by atoms with Gasteiger partial charge in [-0.3, -0.25) is 19.5 Å². The van der Waals surface area contributed by atoms with E-state index in [0.717, 1.165) is 49.8 Å². The number of nitrogens with zero attached hydrogens (tertiary/aromatic N) is 3. The van der Waals surface area contributed by atoms with Crippen molar-refractivity contribution in [2.24, 2.45) is 0 Å². The van der Waals surface area contributed by atoms with Crippen molar-refractivity contribution >= 4 is 22.8 Å². The van der Waals surface area contributed by atoms with Gasteiger partial charge >= 0.3 is 5.97 Å². The molecule has 6 nitrogen and oxygen atoms in total. The Morgan fingerprint density at radius 1 is 1.23 bits per heavy atom. The van der Waals surface area contributed by atoms with Crippen molar-refractivity contribution in [3.05, 3.63) is 42.1 Å². The predicted octanol–water partition coefficient (Wildman–Crippen LogP) is 2.52. The van der Waals surface area contributed by atoms with Crippen LogP contribution < -0.4 is 0 Å². The summed E-state index contributed by atoms with van der Waals surface area (Å²) in [6.07, 6.45) is 4.41. The number of carbonyl (C=O) groups excluding carboxylic acids is 1. The van der Waals surface area contributed by atoms with Crippen molar-refractivity contribution < 1.29 is 14.7 Å². The number of carboxylic acid groups (broad SMARTS) is 1. The van der Waals surface area contributed by atoms with Crippen LogP contribution in [0.25, 0.3) is 10.9 Å².